The SMILES string of the molecule is O[C@@H]1COCC[C@H]1[C@H]1c2c(Cl)cccc2-c2cncn21. The summed E-state index contributed by atoms with van der Waals surface area (Å²) in [4.78, 5) is 4.25. The first-order chi connectivity index (χ1) is 9.77. The van der Waals surface area contributed by atoms with Gasteiger partial charge >= 0.3 is 0 Å². The summed E-state index contributed by atoms with van der Waals surface area (Å²) in [5.74, 6) is 0.109. The van der Waals surface area contributed by atoms with Gasteiger partial charge in [0.25, 0.3) is 0 Å². The number of hydrogen-bond acceptors (Lipinski definition) is 3. The highest BCUT2D eigenvalue weighted by atomic mass is 35.5. The molecule has 0 amide bonds. The Balaban J connectivity index is 1.88. The molecule has 0 saturated carbocycles. The van der Waals surface area contributed by atoms with Crippen molar-refractivity contribution in [3.8, 4) is 11.3 Å². The van der Waals surface area contributed by atoms with Crippen molar-refractivity contribution >= 4 is 11.6 Å². The van der Waals surface area contributed by atoms with Gasteiger partial charge in [0.15, 0.2) is 0 Å². The van der Waals surface area contributed by atoms with E-state index in [-0.39, 0.29) is 12.0 Å². The van der Waals surface area contributed by atoms with Crippen molar-refractivity contribution in [1.82, 2.24) is 9.55 Å². The predicted octanol–water partition coefficient (Wildman–Crippen LogP) is 2.50. The minimum atomic E-state index is -0.466. The number of nitrogens with zero attached hydrogens (tertiary/aromatic N) is 2. The molecule has 1 fully saturated rings. The van der Waals surface area contributed by atoms with Gasteiger partial charge in [0.1, 0.15) is 0 Å². The van der Waals surface area contributed by atoms with E-state index in [9.17, 15) is 5.11 Å². The summed E-state index contributed by atoms with van der Waals surface area (Å²) in [6.07, 6.45) is 4.05. The standard InChI is InChI=1S/C15H15ClN2O2/c16-11-3-1-2-9-12-6-17-8-18(12)15(14(9)11)10-4-5-20-7-13(10)19/h1-3,6,8,10,13,15,19H,4-5,7H2/t10-,13-,15+/m1/s1. The second-order valence-electron chi connectivity index (χ2n) is 5.43. The summed E-state index contributed by atoms with van der Waals surface area (Å²) in [7, 11) is 0. The van der Waals surface area contributed by atoms with Crippen LogP contribution in [0.2, 0.25) is 5.02 Å². The van der Waals surface area contributed by atoms with E-state index in [0.717, 1.165) is 28.3 Å². The molecule has 0 unspecified atom stereocenters. The van der Waals surface area contributed by atoms with Gasteiger partial charge in [0, 0.05) is 28.7 Å². The number of ether oxygens (including phenoxy) is 1. The van der Waals surface area contributed by atoms with Crippen LogP contribution in [0.4, 0.5) is 0 Å². The third-order valence-electron chi connectivity index (χ3n) is 4.37. The molecule has 4 rings (SSSR count). The lowest BCUT2D eigenvalue weighted by Gasteiger charge is -2.33. The molecule has 0 aliphatic carbocycles. The first kappa shape index (κ1) is 12.4. The van der Waals surface area contributed by atoms with Gasteiger partial charge in [-0.25, -0.2) is 4.98 Å². The van der Waals surface area contributed by atoms with Crippen LogP contribution in [0.5, 0.6) is 0 Å². The number of aromatic nitrogens is 2. The van der Waals surface area contributed by atoms with Crippen molar-refractivity contribution in [2.24, 2.45) is 5.92 Å². The highest BCUT2D eigenvalue weighted by Gasteiger charge is 2.40. The van der Waals surface area contributed by atoms with Crippen LogP contribution in [-0.2, 0) is 4.74 Å². The number of fused-ring (bicyclic) bond motifs is 3. The van der Waals surface area contributed by atoms with E-state index >= 15 is 0 Å². The lowest BCUT2D eigenvalue weighted by molar-refractivity contribution is -0.0540. The Labute approximate surface area is 122 Å². The quantitative estimate of drug-likeness (QED) is 0.878. The summed E-state index contributed by atoms with van der Waals surface area (Å²) in [6, 6.07) is 6.00. The molecule has 5 heteroatoms. The topological polar surface area (TPSA) is 47.3 Å². The zero-order chi connectivity index (χ0) is 13.7. The number of aliphatic hydroxyl groups is 1. The Kier molecular flexibility index (Phi) is 2.84. The molecule has 2 aromatic rings. The molecule has 1 aromatic heterocycles. The third-order valence-corrected chi connectivity index (χ3v) is 4.70. The molecule has 1 saturated heterocycles. The lowest BCUT2D eigenvalue weighted by Crippen LogP contribution is -2.37. The van der Waals surface area contributed by atoms with E-state index < -0.39 is 6.10 Å². The maximum Gasteiger partial charge on any atom is 0.0956 e. The zero-order valence-corrected chi connectivity index (χ0v) is 11.6. The molecule has 2 aliphatic heterocycles. The van der Waals surface area contributed by atoms with Crippen LogP contribution in [0, 0.1) is 5.92 Å². The normalized spacial score (nSPS) is 28.2. The highest BCUT2D eigenvalue weighted by molar-refractivity contribution is 6.32. The van der Waals surface area contributed by atoms with Crippen molar-refractivity contribution in [3.63, 3.8) is 0 Å². The smallest absolute Gasteiger partial charge is 0.0956 e. The Morgan fingerprint density at radius 3 is 3.15 bits per heavy atom. The Hall–Kier alpha value is -1.36. The molecule has 4 nitrogen and oxygen atoms in total. The summed E-state index contributed by atoms with van der Waals surface area (Å²) >= 11 is 6.43. The zero-order valence-electron chi connectivity index (χ0n) is 10.9. The van der Waals surface area contributed by atoms with Crippen LogP contribution in [0.1, 0.15) is 18.0 Å². The number of aliphatic hydroxyl groups excluding tert-OH is 1. The molecule has 3 atom stereocenters. The van der Waals surface area contributed by atoms with E-state index in [4.69, 9.17) is 16.3 Å². The number of hydrogen-bond donors (Lipinski definition) is 1. The molecule has 0 bridgehead atoms. The van der Waals surface area contributed by atoms with E-state index in [0.29, 0.717) is 13.2 Å². The highest BCUT2D eigenvalue weighted by Crippen LogP contribution is 2.48. The molecule has 2 aliphatic rings. The summed E-state index contributed by atoms with van der Waals surface area (Å²) < 4.78 is 7.49. The fraction of sp³-hybridized carbons (Fsp3) is 0.400. The monoisotopic (exact) mass is 290 g/mol. The maximum absolute atomic E-state index is 10.3. The van der Waals surface area contributed by atoms with Gasteiger partial charge in [0.05, 0.1) is 37.0 Å². The van der Waals surface area contributed by atoms with Crippen LogP contribution >= 0.6 is 11.6 Å². The molecular weight excluding hydrogens is 276 g/mol. The van der Waals surface area contributed by atoms with Crippen molar-refractivity contribution in [2.75, 3.05) is 13.2 Å². The summed E-state index contributed by atoms with van der Waals surface area (Å²) in [5.41, 5.74) is 3.31. The molecule has 0 radical (unpaired) electrons. The molecule has 104 valence electrons. The van der Waals surface area contributed by atoms with Crippen molar-refractivity contribution in [2.45, 2.75) is 18.6 Å². The second-order valence-corrected chi connectivity index (χ2v) is 5.83. The second kappa shape index (κ2) is 4.58. The van der Waals surface area contributed by atoms with Gasteiger partial charge in [-0.2, -0.15) is 0 Å². The molecular formula is C15H15ClN2O2. The van der Waals surface area contributed by atoms with Crippen LogP contribution < -0.4 is 0 Å². The van der Waals surface area contributed by atoms with E-state index in [1.165, 1.54) is 0 Å². The largest absolute Gasteiger partial charge is 0.390 e. The minimum absolute atomic E-state index is 0.0510. The van der Waals surface area contributed by atoms with E-state index in [2.05, 4.69) is 15.6 Å². The third kappa shape index (κ3) is 1.65. The van der Waals surface area contributed by atoms with Crippen molar-refractivity contribution < 1.29 is 9.84 Å². The fourth-order valence-electron chi connectivity index (χ4n) is 3.46. The van der Waals surface area contributed by atoms with Gasteiger partial charge in [-0.15, -0.1) is 0 Å². The van der Waals surface area contributed by atoms with Crippen LogP contribution in [0.15, 0.2) is 30.7 Å². The van der Waals surface area contributed by atoms with Gasteiger partial charge in [-0.3, -0.25) is 0 Å². The Bertz CT molecular complexity index is 655. The van der Waals surface area contributed by atoms with Crippen LogP contribution in [-0.4, -0.2) is 34.0 Å². The number of rotatable bonds is 1. The van der Waals surface area contributed by atoms with Crippen molar-refractivity contribution in [1.29, 1.82) is 0 Å². The molecule has 1 aromatic carbocycles. The Morgan fingerprint density at radius 2 is 2.30 bits per heavy atom. The minimum Gasteiger partial charge on any atom is -0.390 e. The molecule has 0 spiro atoms. The van der Waals surface area contributed by atoms with Gasteiger partial charge in [-0.1, -0.05) is 23.7 Å². The summed E-state index contributed by atoms with van der Waals surface area (Å²) in [5, 5.41) is 11.1. The van der Waals surface area contributed by atoms with Gasteiger partial charge in [0.2, 0.25) is 0 Å². The molecule has 1 N–H and O–H groups in total. The van der Waals surface area contributed by atoms with Crippen LogP contribution in [0.3, 0.4) is 0 Å². The number of halogens is 1. The van der Waals surface area contributed by atoms with Crippen LogP contribution in [0.25, 0.3) is 11.3 Å². The number of imidazole rings is 1. The molecule has 3 heterocycles. The molecule has 20 heavy (non-hydrogen) atoms. The average Bonchev–Trinajstić information content (AvgIpc) is 3.01. The lowest BCUT2D eigenvalue weighted by atomic mass is 9.85. The van der Waals surface area contributed by atoms with Gasteiger partial charge < -0.3 is 14.4 Å². The Morgan fingerprint density at radius 1 is 1.40 bits per heavy atom. The predicted molar refractivity (Wildman–Crippen MR) is 75.7 cm³/mol. The maximum atomic E-state index is 10.3. The average molecular weight is 291 g/mol. The summed E-state index contributed by atoms with van der Waals surface area (Å²) in [6.45, 7) is 1.08. The number of benzene rings is 1. The van der Waals surface area contributed by atoms with Crippen molar-refractivity contribution in [3.05, 3.63) is 41.3 Å². The first-order valence-electron chi connectivity index (χ1n) is 6.84. The fourth-order valence-corrected chi connectivity index (χ4v) is 3.75. The van der Waals surface area contributed by atoms with Gasteiger partial charge in [-0.05, 0) is 12.5 Å². The van der Waals surface area contributed by atoms with E-state index in [1.54, 1.807) is 0 Å². The first-order valence-corrected chi connectivity index (χ1v) is 7.21. The van der Waals surface area contributed by atoms with E-state index in [1.807, 2.05) is 24.7 Å².